The molecule has 0 amide bonds. The average molecular weight is 244 g/mol. The molecule has 1 saturated carbocycles. The molecule has 1 N–H and O–H groups in total. The fourth-order valence-corrected chi connectivity index (χ4v) is 3.18. The molecule has 1 aromatic heterocycles. The third-order valence-electron chi connectivity index (χ3n) is 4.43. The van der Waals surface area contributed by atoms with Gasteiger partial charge in [0.25, 0.3) is 0 Å². The lowest BCUT2D eigenvalue weighted by atomic mass is 9.83. The minimum absolute atomic E-state index is 0.284. The Morgan fingerprint density at radius 1 is 1.33 bits per heavy atom. The van der Waals surface area contributed by atoms with E-state index in [2.05, 4.69) is 11.9 Å². The van der Waals surface area contributed by atoms with Crippen LogP contribution in [0, 0.1) is 0 Å². The summed E-state index contributed by atoms with van der Waals surface area (Å²) in [6, 6.07) is 6.04. The van der Waals surface area contributed by atoms with Gasteiger partial charge in [0.05, 0.1) is 18.1 Å². The van der Waals surface area contributed by atoms with E-state index < -0.39 is 0 Å². The summed E-state index contributed by atoms with van der Waals surface area (Å²) in [5.74, 6) is 2.06. The van der Waals surface area contributed by atoms with Crippen LogP contribution in [0.5, 0.6) is 5.75 Å². The Labute approximate surface area is 108 Å². The highest BCUT2D eigenvalue weighted by Gasteiger charge is 2.36. The van der Waals surface area contributed by atoms with Crippen LogP contribution in [-0.2, 0) is 5.41 Å². The number of aromatic amines is 1. The van der Waals surface area contributed by atoms with Gasteiger partial charge in [0, 0.05) is 11.5 Å². The predicted molar refractivity (Wildman–Crippen MR) is 73.1 cm³/mol. The van der Waals surface area contributed by atoms with Crippen LogP contribution in [0.25, 0.3) is 11.0 Å². The Kier molecular flexibility index (Phi) is 2.77. The summed E-state index contributed by atoms with van der Waals surface area (Å²) in [5, 5.41) is 0. The maximum absolute atomic E-state index is 5.26. The number of hydrogen-bond donors (Lipinski definition) is 1. The first-order valence-electron chi connectivity index (χ1n) is 6.82. The molecule has 1 fully saturated rings. The number of hydrogen-bond acceptors (Lipinski definition) is 2. The molecule has 0 bridgehead atoms. The van der Waals surface area contributed by atoms with Crippen molar-refractivity contribution >= 4 is 11.0 Å². The SMILES string of the molecule is CCC1(c2nc3ccc(OC)cc3[nH]2)CCCC1. The van der Waals surface area contributed by atoms with Crippen LogP contribution in [0.1, 0.15) is 44.9 Å². The molecule has 1 heterocycles. The number of nitrogens with zero attached hydrogens (tertiary/aromatic N) is 1. The maximum atomic E-state index is 5.26. The first-order chi connectivity index (χ1) is 8.77. The second kappa shape index (κ2) is 4.30. The van der Waals surface area contributed by atoms with Gasteiger partial charge in [-0.15, -0.1) is 0 Å². The van der Waals surface area contributed by atoms with Crippen LogP contribution in [0.3, 0.4) is 0 Å². The highest BCUT2D eigenvalue weighted by atomic mass is 16.5. The van der Waals surface area contributed by atoms with E-state index in [-0.39, 0.29) is 5.41 Å². The lowest BCUT2D eigenvalue weighted by Gasteiger charge is -2.24. The first-order valence-corrected chi connectivity index (χ1v) is 6.82. The molecule has 0 spiro atoms. The van der Waals surface area contributed by atoms with Gasteiger partial charge < -0.3 is 9.72 Å². The van der Waals surface area contributed by atoms with Crippen molar-refractivity contribution in [2.45, 2.75) is 44.4 Å². The van der Waals surface area contributed by atoms with Gasteiger partial charge in [0.1, 0.15) is 11.6 Å². The summed E-state index contributed by atoms with van der Waals surface area (Å²) >= 11 is 0. The molecule has 0 atom stereocenters. The molecule has 3 rings (SSSR count). The molecule has 3 nitrogen and oxygen atoms in total. The molecule has 96 valence electrons. The van der Waals surface area contributed by atoms with Gasteiger partial charge in [-0.05, 0) is 31.4 Å². The van der Waals surface area contributed by atoms with Gasteiger partial charge >= 0.3 is 0 Å². The number of ether oxygens (including phenoxy) is 1. The summed E-state index contributed by atoms with van der Waals surface area (Å²) in [6.07, 6.45) is 6.35. The zero-order valence-corrected chi connectivity index (χ0v) is 11.1. The largest absolute Gasteiger partial charge is 0.497 e. The maximum Gasteiger partial charge on any atom is 0.121 e. The Bertz CT molecular complexity index is 553. The number of H-pyrrole nitrogens is 1. The topological polar surface area (TPSA) is 37.9 Å². The third kappa shape index (κ3) is 1.69. The van der Waals surface area contributed by atoms with Crippen LogP contribution < -0.4 is 4.74 Å². The van der Waals surface area contributed by atoms with E-state index in [0.717, 1.165) is 16.8 Å². The Balaban J connectivity index is 2.07. The number of rotatable bonds is 3. The molecular formula is C15H20N2O. The zero-order chi connectivity index (χ0) is 12.6. The zero-order valence-electron chi connectivity index (χ0n) is 11.1. The molecule has 0 aliphatic heterocycles. The highest BCUT2D eigenvalue weighted by Crippen LogP contribution is 2.42. The van der Waals surface area contributed by atoms with Crippen molar-refractivity contribution in [3.8, 4) is 5.75 Å². The molecule has 1 aliphatic carbocycles. The van der Waals surface area contributed by atoms with Crippen LogP contribution >= 0.6 is 0 Å². The molecule has 2 aromatic rings. The molecule has 0 unspecified atom stereocenters. The van der Waals surface area contributed by atoms with Crippen LogP contribution in [0.15, 0.2) is 18.2 Å². The number of nitrogens with one attached hydrogen (secondary N) is 1. The lowest BCUT2D eigenvalue weighted by molar-refractivity contribution is 0.403. The Hall–Kier alpha value is -1.51. The van der Waals surface area contributed by atoms with Crippen molar-refractivity contribution in [2.24, 2.45) is 0 Å². The minimum atomic E-state index is 0.284. The van der Waals surface area contributed by atoms with Gasteiger partial charge in [-0.25, -0.2) is 4.98 Å². The fourth-order valence-electron chi connectivity index (χ4n) is 3.18. The summed E-state index contributed by atoms with van der Waals surface area (Å²) in [5.41, 5.74) is 2.42. The third-order valence-corrected chi connectivity index (χ3v) is 4.43. The summed E-state index contributed by atoms with van der Waals surface area (Å²) in [4.78, 5) is 8.31. The lowest BCUT2D eigenvalue weighted by Crippen LogP contribution is -2.22. The van der Waals surface area contributed by atoms with Crippen LogP contribution in [0.2, 0.25) is 0 Å². The smallest absolute Gasteiger partial charge is 0.121 e. The normalized spacial score (nSPS) is 18.3. The van der Waals surface area contributed by atoms with Crippen LogP contribution in [-0.4, -0.2) is 17.1 Å². The van der Waals surface area contributed by atoms with Crippen molar-refractivity contribution in [1.82, 2.24) is 9.97 Å². The molecule has 1 aromatic carbocycles. The fraction of sp³-hybridized carbons (Fsp3) is 0.533. The standard InChI is InChI=1S/C15H20N2O/c1-3-15(8-4-5-9-15)14-16-12-7-6-11(18-2)10-13(12)17-14/h6-7,10H,3-5,8-9H2,1-2H3,(H,16,17). The minimum Gasteiger partial charge on any atom is -0.497 e. The molecule has 0 saturated heterocycles. The van der Waals surface area contributed by atoms with Gasteiger partial charge in [-0.3, -0.25) is 0 Å². The van der Waals surface area contributed by atoms with E-state index in [1.165, 1.54) is 37.9 Å². The van der Waals surface area contributed by atoms with E-state index in [0.29, 0.717) is 0 Å². The summed E-state index contributed by atoms with van der Waals surface area (Å²) in [7, 11) is 1.70. The van der Waals surface area contributed by atoms with Gasteiger partial charge in [0.2, 0.25) is 0 Å². The molecule has 18 heavy (non-hydrogen) atoms. The monoisotopic (exact) mass is 244 g/mol. The number of aromatic nitrogens is 2. The number of benzene rings is 1. The van der Waals surface area contributed by atoms with Gasteiger partial charge in [-0.1, -0.05) is 19.8 Å². The van der Waals surface area contributed by atoms with E-state index in [4.69, 9.17) is 9.72 Å². The van der Waals surface area contributed by atoms with Crippen molar-refractivity contribution in [3.05, 3.63) is 24.0 Å². The van der Waals surface area contributed by atoms with Crippen molar-refractivity contribution in [3.63, 3.8) is 0 Å². The molecule has 3 heteroatoms. The molecule has 0 radical (unpaired) electrons. The second-order valence-corrected chi connectivity index (χ2v) is 5.31. The van der Waals surface area contributed by atoms with Crippen molar-refractivity contribution in [2.75, 3.05) is 7.11 Å². The number of imidazole rings is 1. The second-order valence-electron chi connectivity index (χ2n) is 5.31. The quantitative estimate of drug-likeness (QED) is 0.892. The molecule has 1 aliphatic rings. The van der Waals surface area contributed by atoms with Crippen LogP contribution in [0.4, 0.5) is 0 Å². The van der Waals surface area contributed by atoms with Crippen molar-refractivity contribution in [1.29, 1.82) is 0 Å². The number of methoxy groups -OCH3 is 1. The first kappa shape index (κ1) is 11.6. The van der Waals surface area contributed by atoms with Gasteiger partial charge in [0.15, 0.2) is 0 Å². The van der Waals surface area contributed by atoms with E-state index >= 15 is 0 Å². The van der Waals surface area contributed by atoms with Crippen molar-refractivity contribution < 1.29 is 4.74 Å². The van der Waals surface area contributed by atoms with E-state index in [9.17, 15) is 0 Å². The summed E-state index contributed by atoms with van der Waals surface area (Å²) < 4.78 is 5.26. The predicted octanol–water partition coefficient (Wildman–Crippen LogP) is 3.79. The summed E-state index contributed by atoms with van der Waals surface area (Å²) in [6.45, 7) is 2.28. The highest BCUT2D eigenvalue weighted by molar-refractivity contribution is 5.77. The van der Waals surface area contributed by atoms with Gasteiger partial charge in [-0.2, -0.15) is 0 Å². The average Bonchev–Trinajstić information content (AvgIpc) is 3.04. The molecular weight excluding hydrogens is 224 g/mol. The number of fused-ring (bicyclic) bond motifs is 1. The van der Waals surface area contributed by atoms with E-state index in [1.807, 2.05) is 18.2 Å². The Morgan fingerprint density at radius 2 is 2.11 bits per heavy atom. The Morgan fingerprint density at radius 3 is 2.78 bits per heavy atom. The van der Waals surface area contributed by atoms with E-state index in [1.54, 1.807) is 7.11 Å².